The van der Waals surface area contributed by atoms with Crippen LogP contribution in [0.25, 0.3) is 0 Å². The minimum absolute atomic E-state index is 0.0838. The number of rotatable bonds is 2. The highest BCUT2D eigenvalue weighted by atomic mass is 79.9. The standard InChI is InChI=1S/C15H13BrF2N2O/c1-8-5-11(6-9(2)14(8)16)19-15(21)20-13-4-3-10(17)7-12(13)18/h3-7H,1-2H3,(H2,19,20,21). The first kappa shape index (κ1) is 15.4. The summed E-state index contributed by atoms with van der Waals surface area (Å²) in [4.78, 5) is 11.8. The van der Waals surface area contributed by atoms with Crippen LogP contribution < -0.4 is 10.6 Å². The zero-order valence-electron chi connectivity index (χ0n) is 11.4. The van der Waals surface area contributed by atoms with Crippen LogP contribution in [0.5, 0.6) is 0 Å². The predicted octanol–water partition coefficient (Wildman–Crippen LogP) is 4.99. The summed E-state index contributed by atoms with van der Waals surface area (Å²) in [5.74, 6) is -1.52. The van der Waals surface area contributed by atoms with Crippen LogP contribution in [0, 0.1) is 25.5 Å². The van der Waals surface area contributed by atoms with Crippen molar-refractivity contribution in [3.05, 3.63) is 57.6 Å². The largest absolute Gasteiger partial charge is 0.323 e. The Morgan fingerprint density at radius 1 is 1.05 bits per heavy atom. The third kappa shape index (κ3) is 3.78. The second-order valence-electron chi connectivity index (χ2n) is 4.63. The summed E-state index contributed by atoms with van der Waals surface area (Å²) in [5, 5.41) is 4.95. The van der Waals surface area contributed by atoms with Crippen LogP contribution in [0.15, 0.2) is 34.8 Å². The normalized spacial score (nSPS) is 10.3. The number of hydrogen-bond donors (Lipinski definition) is 2. The first-order valence-corrected chi connectivity index (χ1v) is 6.96. The number of hydrogen-bond acceptors (Lipinski definition) is 1. The summed E-state index contributed by atoms with van der Waals surface area (Å²) >= 11 is 3.44. The highest BCUT2D eigenvalue weighted by Crippen LogP contribution is 2.25. The molecule has 0 aliphatic rings. The van der Waals surface area contributed by atoms with Gasteiger partial charge in [0.1, 0.15) is 11.6 Å². The van der Waals surface area contributed by atoms with Gasteiger partial charge in [-0.25, -0.2) is 13.6 Å². The van der Waals surface area contributed by atoms with Gasteiger partial charge in [-0.2, -0.15) is 0 Å². The molecule has 2 rings (SSSR count). The fourth-order valence-electron chi connectivity index (χ4n) is 1.89. The molecule has 2 aromatic carbocycles. The van der Waals surface area contributed by atoms with Crippen molar-refractivity contribution in [1.29, 1.82) is 0 Å². The molecule has 0 aromatic heterocycles. The Labute approximate surface area is 129 Å². The number of carbonyl (C=O) groups excluding carboxylic acids is 1. The van der Waals surface area contributed by atoms with E-state index >= 15 is 0 Å². The zero-order valence-corrected chi connectivity index (χ0v) is 13.0. The molecule has 110 valence electrons. The topological polar surface area (TPSA) is 41.1 Å². The molecule has 0 atom stereocenters. The van der Waals surface area contributed by atoms with Crippen molar-refractivity contribution >= 4 is 33.3 Å². The van der Waals surface area contributed by atoms with E-state index in [9.17, 15) is 13.6 Å². The van der Waals surface area contributed by atoms with Crippen LogP contribution in [0.3, 0.4) is 0 Å². The van der Waals surface area contributed by atoms with Crippen LogP contribution in [0.4, 0.5) is 25.0 Å². The fraction of sp³-hybridized carbons (Fsp3) is 0.133. The molecule has 21 heavy (non-hydrogen) atoms. The summed E-state index contributed by atoms with van der Waals surface area (Å²) < 4.78 is 27.2. The third-order valence-corrected chi connectivity index (χ3v) is 4.12. The highest BCUT2D eigenvalue weighted by Gasteiger charge is 2.09. The lowest BCUT2D eigenvalue weighted by molar-refractivity contribution is 0.262. The van der Waals surface area contributed by atoms with E-state index in [1.165, 1.54) is 6.07 Å². The molecule has 2 N–H and O–H groups in total. The Balaban J connectivity index is 2.12. The van der Waals surface area contributed by atoms with E-state index in [4.69, 9.17) is 0 Å². The summed E-state index contributed by atoms with van der Waals surface area (Å²) in [6, 6.07) is 5.94. The molecular formula is C15H13BrF2N2O. The van der Waals surface area contributed by atoms with Gasteiger partial charge in [0.15, 0.2) is 0 Å². The molecule has 6 heteroatoms. The number of anilines is 2. The second kappa shape index (κ2) is 6.22. The minimum Gasteiger partial charge on any atom is -0.308 e. The van der Waals surface area contributed by atoms with Crippen molar-refractivity contribution in [1.82, 2.24) is 0 Å². The van der Waals surface area contributed by atoms with E-state index in [1.54, 1.807) is 12.1 Å². The maximum Gasteiger partial charge on any atom is 0.323 e. The molecule has 0 heterocycles. The molecule has 0 saturated carbocycles. The molecule has 0 saturated heterocycles. The van der Waals surface area contributed by atoms with Crippen molar-refractivity contribution < 1.29 is 13.6 Å². The van der Waals surface area contributed by atoms with E-state index in [0.29, 0.717) is 11.8 Å². The third-order valence-electron chi connectivity index (χ3n) is 2.87. The minimum atomic E-state index is -0.826. The number of benzene rings is 2. The molecular weight excluding hydrogens is 342 g/mol. The van der Waals surface area contributed by atoms with Gasteiger partial charge in [-0.05, 0) is 49.2 Å². The molecule has 0 radical (unpaired) electrons. The fourth-order valence-corrected chi connectivity index (χ4v) is 2.12. The average Bonchev–Trinajstić information content (AvgIpc) is 2.39. The molecule has 0 fully saturated rings. The van der Waals surface area contributed by atoms with Crippen LogP contribution >= 0.6 is 15.9 Å². The second-order valence-corrected chi connectivity index (χ2v) is 5.42. The molecule has 0 spiro atoms. The molecule has 0 bridgehead atoms. The Morgan fingerprint density at radius 3 is 2.24 bits per heavy atom. The van der Waals surface area contributed by atoms with Crippen LogP contribution in [-0.2, 0) is 0 Å². The van der Waals surface area contributed by atoms with E-state index in [0.717, 1.165) is 21.7 Å². The number of carbonyl (C=O) groups is 1. The van der Waals surface area contributed by atoms with E-state index in [1.807, 2.05) is 13.8 Å². The first-order chi connectivity index (χ1) is 9.86. The molecule has 0 unspecified atom stereocenters. The van der Waals surface area contributed by atoms with Crippen LogP contribution in [-0.4, -0.2) is 6.03 Å². The molecule has 0 aliphatic carbocycles. The lowest BCUT2D eigenvalue weighted by atomic mass is 10.1. The van der Waals surface area contributed by atoms with Crippen LogP contribution in [0.2, 0.25) is 0 Å². The SMILES string of the molecule is Cc1cc(NC(=O)Nc2ccc(F)cc2F)cc(C)c1Br. The Kier molecular flexibility index (Phi) is 4.57. The van der Waals surface area contributed by atoms with Crippen molar-refractivity contribution in [2.24, 2.45) is 0 Å². The van der Waals surface area contributed by atoms with Crippen molar-refractivity contribution in [2.75, 3.05) is 10.6 Å². The molecule has 0 aliphatic heterocycles. The van der Waals surface area contributed by atoms with Gasteiger partial charge in [0.05, 0.1) is 5.69 Å². The lowest BCUT2D eigenvalue weighted by Crippen LogP contribution is -2.20. The Hall–Kier alpha value is -1.95. The summed E-state index contributed by atoms with van der Waals surface area (Å²) in [6.07, 6.45) is 0. The Morgan fingerprint density at radius 2 is 1.67 bits per heavy atom. The monoisotopic (exact) mass is 354 g/mol. The van der Waals surface area contributed by atoms with Crippen LogP contribution in [0.1, 0.15) is 11.1 Å². The zero-order chi connectivity index (χ0) is 15.6. The first-order valence-electron chi connectivity index (χ1n) is 6.16. The molecule has 2 aromatic rings. The number of aryl methyl sites for hydroxylation is 2. The smallest absolute Gasteiger partial charge is 0.308 e. The molecule has 2 amide bonds. The van der Waals surface area contributed by atoms with Gasteiger partial charge in [-0.3, -0.25) is 0 Å². The number of urea groups is 1. The van der Waals surface area contributed by atoms with Gasteiger partial charge < -0.3 is 10.6 Å². The highest BCUT2D eigenvalue weighted by molar-refractivity contribution is 9.10. The Bertz CT molecular complexity index is 681. The summed E-state index contributed by atoms with van der Waals surface area (Å²) in [7, 11) is 0. The summed E-state index contributed by atoms with van der Waals surface area (Å²) in [5.41, 5.74) is 2.45. The quantitative estimate of drug-likeness (QED) is 0.783. The maximum atomic E-state index is 13.4. The predicted molar refractivity (Wildman–Crippen MR) is 82.6 cm³/mol. The van der Waals surface area contributed by atoms with Crippen molar-refractivity contribution in [3.63, 3.8) is 0 Å². The van der Waals surface area contributed by atoms with Gasteiger partial charge >= 0.3 is 6.03 Å². The average molecular weight is 355 g/mol. The molecule has 3 nitrogen and oxygen atoms in total. The number of amides is 2. The van der Waals surface area contributed by atoms with Crippen molar-refractivity contribution in [2.45, 2.75) is 13.8 Å². The number of nitrogens with one attached hydrogen (secondary N) is 2. The van der Waals surface area contributed by atoms with Gasteiger partial charge in [0.25, 0.3) is 0 Å². The van der Waals surface area contributed by atoms with E-state index < -0.39 is 17.7 Å². The van der Waals surface area contributed by atoms with Gasteiger partial charge in [0, 0.05) is 16.2 Å². The lowest BCUT2D eigenvalue weighted by Gasteiger charge is -2.11. The summed E-state index contributed by atoms with van der Waals surface area (Å²) in [6.45, 7) is 3.81. The van der Waals surface area contributed by atoms with Crippen molar-refractivity contribution in [3.8, 4) is 0 Å². The van der Waals surface area contributed by atoms with Gasteiger partial charge in [0.2, 0.25) is 0 Å². The maximum absolute atomic E-state index is 13.4. The van der Waals surface area contributed by atoms with Gasteiger partial charge in [-0.15, -0.1) is 0 Å². The van der Waals surface area contributed by atoms with Gasteiger partial charge in [-0.1, -0.05) is 15.9 Å². The number of halogens is 3. The van der Waals surface area contributed by atoms with E-state index in [2.05, 4.69) is 26.6 Å². The van der Waals surface area contributed by atoms with E-state index in [-0.39, 0.29) is 5.69 Å².